The van der Waals surface area contributed by atoms with E-state index < -0.39 is 11.9 Å². The Balaban J connectivity index is 1.86. The van der Waals surface area contributed by atoms with Crippen LogP contribution in [0.5, 0.6) is 0 Å². The van der Waals surface area contributed by atoms with E-state index >= 15 is 0 Å². The van der Waals surface area contributed by atoms with Crippen LogP contribution in [0.2, 0.25) is 10.0 Å². The van der Waals surface area contributed by atoms with E-state index in [-0.39, 0.29) is 6.61 Å². The minimum absolute atomic E-state index is 0.370. The maximum absolute atomic E-state index is 11.9. The molecule has 0 aromatic heterocycles. The van der Waals surface area contributed by atoms with E-state index in [1.165, 1.54) is 12.2 Å². The monoisotopic (exact) mass is 377 g/mol. The van der Waals surface area contributed by atoms with Gasteiger partial charge in [-0.15, -0.1) is 0 Å². The van der Waals surface area contributed by atoms with Gasteiger partial charge in [-0.05, 0) is 49.2 Å². The summed E-state index contributed by atoms with van der Waals surface area (Å²) in [5.41, 5.74) is 3.36. The van der Waals surface area contributed by atoms with Gasteiger partial charge in [-0.2, -0.15) is 0 Å². The summed E-state index contributed by atoms with van der Waals surface area (Å²) in [4.78, 5) is 23.6. The molecule has 0 saturated carbocycles. The summed E-state index contributed by atoms with van der Waals surface area (Å²) in [6.07, 6.45) is 2.71. The molecular weight excluding hydrogens is 361 g/mol. The molecule has 0 saturated heterocycles. The lowest BCUT2D eigenvalue weighted by atomic mass is 10.1. The molecule has 0 fully saturated rings. The zero-order valence-electron chi connectivity index (χ0n) is 13.8. The van der Waals surface area contributed by atoms with Gasteiger partial charge < -0.3 is 10.1 Å². The summed E-state index contributed by atoms with van der Waals surface area (Å²) >= 11 is 11.8. The van der Waals surface area contributed by atoms with Crippen LogP contribution in [-0.4, -0.2) is 18.5 Å². The molecule has 0 radical (unpaired) electrons. The first-order chi connectivity index (χ1) is 11.8. The van der Waals surface area contributed by atoms with Gasteiger partial charge in [0.25, 0.3) is 5.91 Å². The molecule has 0 unspecified atom stereocenters. The summed E-state index contributed by atoms with van der Waals surface area (Å²) < 4.78 is 4.92. The van der Waals surface area contributed by atoms with Gasteiger partial charge in [-0.25, -0.2) is 4.79 Å². The fourth-order valence-corrected chi connectivity index (χ4v) is 2.59. The van der Waals surface area contributed by atoms with Crippen LogP contribution in [0, 0.1) is 13.8 Å². The number of esters is 1. The number of ether oxygens (including phenoxy) is 1. The van der Waals surface area contributed by atoms with Crippen molar-refractivity contribution in [3.63, 3.8) is 0 Å². The van der Waals surface area contributed by atoms with Crippen LogP contribution in [0.4, 0.5) is 5.69 Å². The number of benzene rings is 2. The quantitative estimate of drug-likeness (QED) is 0.600. The van der Waals surface area contributed by atoms with Crippen molar-refractivity contribution in [2.75, 3.05) is 11.9 Å². The molecule has 2 rings (SSSR count). The topological polar surface area (TPSA) is 55.4 Å². The Bertz CT molecular complexity index is 831. The minimum Gasteiger partial charge on any atom is -0.452 e. The predicted octanol–water partition coefficient (Wildman–Crippen LogP) is 4.81. The fourth-order valence-electron chi connectivity index (χ4n) is 2.12. The van der Waals surface area contributed by atoms with Gasteiger partial charge in [0.1, 0.15) is 0 Å². The Morgan fingerprint density at radius 2 is 1.88 bits per heavy atom. The van der Waals surface area contributed by atoms with Crippen LogP contribution >= 0.6 is 23.2 Å². The van der Waals surface area contributed by atoms with Crippen molar-refractivity contribution in [2.45, 2.75) is 13.8 Å². The largest absolute Gasteiger partial charge is 0.452 e. The van der Waals surface area contributed by atoms with Crippen LogP contribution in [-0.2, 0) is 14.3 Å². The molecule has 0 aliphatic carbocycles. The molecule has 0 spiro atoms. The molecule has 0 atom stereocenters. The molecule has 1 amide bonds. The van der Waals surface area contributed by atoms with Crippen LogP contribution < -0.4 is 5.32 Å². The summed E-state index contributed by atoms with van der Waals surface area (Å²) in [6.45, 7) is 3.50. The first-order valence-corrected chi connectivity index (χ1v) is 8.28. The number of hydrogen-bond acceptors (Lipinski definition) is 3. The average molecular weight is 378 g/mol. The highest BCUT2D eigenvalue weighted by Crippen LogP contribution is 2.22. The molecule has 0 aliphatic heterocycles. The summed E-state index contributed by atoms with van der Waals surface area (Å²) in [7, 11) is 0. The Kier molecular flexibility index (Phi) is 6.62. The second-order valence-corrected chi connectivity index (χ2v) is 6.32. The number of aryl methyl sites for hydroxylation is 2. The summed E-state index contributed by atoms with van der Waals surface area (Å²) in [6, 6.07) is 10.6. The van der Waals surface area contributed by atoms with E-state index in [0.29, 0.717) is 21.3 Å². The van der Waals surface area contributed by atoms with Crippen molar-refractivity contribution in [3.8, 4) is 0 Å². The molecule has 0 heterocycles. The van der Waals surface area contributed by atoms with E-state index in [1.54, 1.807) is 18.2 Å². The first kappa shape index (κ1) is 19.0. The third-order valence-corrected chi connectivity index (χ3v) is 3.93. The highest BCUT2D eigenvalue weighted by atomic mass is 35.5. The lowest BCUT2D eigenvalue weighted by molar-refractivity contribution is -0.142. The smallest absolute Gasteiger partial charge is 0.331 e. The fraction of sp³-hybridized carbons (Fsp3) is 0.158. The Morgan fingerprint density at radius 1 is 1.12 bits per heavy atom. The van der Waals surface area contributed by atoms with E-state index in [0.717, 1.165) is 11.1 Å². The zero-order valence-corrected chi connectivity index (χ0v) is 15.3. The molecule has 2 aromatic carbocycles. The van der Waals surface area contributed by atoms with Crippen LogP contribution in [0.25, 0.3) is 6.08 Å². The molecule has 0 aliphatic rings. The molecule has 4 nitrogen and oxygen atoms in total. The lowest BCUT2D eigenvalue weighted by Crippen LogP contribution is -2.20. The highest BCUT2D eigenvalue weighted by Gasteiger charge is 2.08. The molecule has 0 bridgehead atoms. The summed E-state index contributed by atoms with van der Waals surface area (Å²) in [5.74, 6) is -1.04. The second-order valence-electron chi connectivity index (χ2n) is 5.47. The van der Waals surface area contributed by atoms with E-state index in [4.69, 9.17) is 27.9 Å². The van der Waals surface area contributed by atoms with Crippen molar-refractivity contribution < 1.29 is 14.3 Å². The van der Waals surface area contributed by atoms with Gasteiger partial charge in [0.05, 0.1) is 0 Å². The van der Waals surface area contributed by atoms with Gasteiger partial charge in [-0.3, -0.25) is 4.79 Å². The highest BCUT2D eigenvalue weighted by molar-refractivity contribution is 6.35. The Labute approximate surface area is 156 Å². The molecule has 6 heteroatoms. The van der Waals surface area contributed by atoms with Crippen molar-refractivity contribution in [1.82, 2.24) is 0 Å². The average Bonchev–Trinajstić information content (AvgIpc) is 2.55. The number of nitrogens with one attached hydrogen (secondary N) is 1. The molecule has 130 valence electrons. The van der Waals surface area contributed by atoms with E-state index in [2.05, 4.69) is 5.32 Å². The number of hydrogen-bond donors (Lipinski definition) is 1. The zero-order chi connectivity index (χ0) is 18.4. The number of anilines is 1. The van der Waals surface area contributed by atoms with Gasteiger partial charge in [0.15, 0.2) is 6.61 Å². The van der Waals surface area contributed by atoms with Crippen LogP contribution in [0.15, 0.2) is 42.5 Å². The van der Waals surface area contributed by atoms with Gasteiger partial charge in [0.2, 0.25) is 0 Å². The normalized spacial score (nSPS) is 10.7. The number of rotatable bonds is 5. The van der Waals surface area contributed by atoms with Gasteiger partial charge in [-0.1, -0.05) is 47.0 Å². The third-order valence-electron chi connectivity index (χ3n) is 3.36. The van der Waals surface area contributed by atoms with Gasteiger partial charge in [0, 0.05) is 21.8 Å². The number of amides is 1. The van der Waals surface area contributed by atoms with E-state index in [9.17, 15) is 9.59 Å². The maximum Gasteiger partial charge on any atom is 0.331 e. The number of carbonyl (C=O) groups is 2. The minimum atomic E-state index is -0.637. The van der Waals surface area contributed by atoms with Crippen molar-refractivity contribution >= 4 is 46.8 Å². The Hall–Kier alpha value is -2.30. The second kappa shape index (κ2) is 8.70. The molecule has 1 N–H and O–H groups in total. The van der Waals surface area contributed by atoms with Crippen molar-refractivity contribution in [3.05, 3.63) is 69.2 Å². The van der Waals surface area contributed by atoms with Crippen LogP contribution in [0.3, 0.4) is 0 Å². The summed E-state index contributed by atoms with van der Waals surface area (Å²) in [5, 5.41) is 3.63. The third kappa shape index (κ3) is 5.93. The first-order valence-electron chi connectivity index (χ1n) is 7.52. The standard InChI is InChI=1S/C19H17Cl2NO3/c1-12-3-7-17(13(2)9-12)22-18(23)11-25-19(24)8-5-14-4-6-15(20)10-16(14)21/h3-10H,11H2,1-2H3,(H,22,23). The SMILES string of the molecule is Cc1ccc(NC(=O)COC(=O)C=Cc2ccc(Cl)cc2Cl)c(C)c1. The molecular formula is C19H17Cl2NO3. The van der Waals surface area contributed by atoms with E-state index in [1.807, 2.05) is 32.0 Å². The lowest BCUT2D eigenvalue weighted by Gasteiger charge is -2.09. The van der Waals surface area contributed by atoms with Crippen molar-refractivity contribution in [1.29, 1.82) is 0 Å². The number of halogens is 2. The maximum atomic E-state index is 11.9. The Morgan fingerprint density at radius 3 is 2.56 bits per heavy atom. The number of carbonyl (C=O) groups excluding carboxylic acids is 2. The van der Waals surface area contributed by atoms with Crippen molar-refractivity contribution in [2.24, 2.45) is 0 Å². The van der Waals surface area contributed by atoms with Gasteiger partial charge >= 0.3 is 5.97 Å². The molecule has 2 aromatic rings. The van der Waals surface area contributed by atoms with Crippen LogP contribution in [0.1, 0.15) is 16.7 Å². The molecule has 25 heavy (non-hydrogen) atoms. The predicted molar refractivity (Wildman–Crippen MR) is 101 cm³/mol.